The highest BCUT2D eigenvalue weighted by molar-refractivity contribution is 8.00. The third kappa shape index (κ3) is 4.60. The standard InChI is InChI=1S/C13H24N6OS/c1-9(2)20-12-16-10(18-14)15-11(17-12)19-6-5-13(3,4)21-8-7-19/h9H,5-8,14H2,1-4H3,(H,15,16,17,18). The minimum Gasteiger partial charge on any atom is -0.461 e. The quantitative estimate of drug-likeness (QED) is 0.641. The first-order chi connectivity index (χ1) is 9.89. The van der Waals surface area contributed by atoms with Crippen molar-refractivity contribution in [2.24, 2.45) is 5.84 Å². The van der Waals surface area contributed by atoms with Crippen LogP contribution in [0, 0.1) is 0 Å². The highest BCUT2D eigenvalue weighted by atomic mass is 32.2. The van der Waals surface area contributed by atoms with E-state index in [1.807, 2.05) is 25.6 Å². The molecule has 0 atom stereocenters. The van der Waals surface area contributed by atoms with Gasteiger partial charge < -0.3 is 9.64 Å². The van der Waals surface area contributed by atoms with Crippen molar-refractivity contribution in [3.8, 4) is 6.01 Å². The van der Waals surface area contributed by atoms with Gasteiger partial charge >= 0.3 is 6.01 Å². The van der Waals surface area contributed by atoms with Gasteiger partial charge in [0.2, 0.25) is 11.9 Å². The molecule has 1 aliphatic rings. The summed E-state index contributed by atoms with van der Waals surface area (Å²) in [6, 6.07) is 0.305. The molecule has 118 valence electrons. The van der Waals surface area contributed by atoms with Gasteiger partial charge in [0.25, 0.3) is 0 Å². The van der Waals surface area contributed by atoms with Gasteiger partial charge in [-0.15, -0.1) is 0 Å². The number of nitrogen functional groups attached to an aromatic ring is 1. The van der Waals surface area contributed by atoms with E-state index in [0.717, 1.165) is 25.3 Å². The summed E-state index contributed by atoms with van der Waals surface area (Å²) < 4.78 is 5.86. The van der Waals surface area contributed by atoms with E-state index in [0.29, 0.717) is 17.9 Å². The van der Waals surface area contributed by atoms with Crippen molar-refractivity contribution in [1.82, 2.24) is 15.0 Å². The average Bonchev–Trinajstić information content (AvgIpc) is 2.58. The molecule has 1 fully saturated rings. The maximum Gasteiger partial charge on any atom is 0.323 e. The van der Waals surface area contributed by atoms with Crippen LogP contribution in [0.15, 0.2) is 0 Å². The number of hydrogen-bond acceptors (Lipinski definition) is 8. The lowest BCUT2D eigenvalue weighted by molar-refractivity contribution is 0.222. The van der Waals surface area contributed by atoms with Crippen molar-refractivity contribution in [3.63, 3.8) is 0 Å². The predicted octanol–water partition coefficient (Wildman–Crippen LogP) is 1.67. The molecule has 0 aromatic carbocycles. The Morgan fingerprint density at radius 3 is 2.71 bits per heavy atom. The molecule has 0 radical (unpaired) electrons. The topological polar surface area (TPSA) is 89.2 Å². The van der Waals surface area contributed by atoms with Crippen molar-refractivity contribution in [3.05, 3.63) is 0 Å². The normalized spacial score (nSPS) is 18.5. The third-order valence-corrected chi connectivity index (χ3v) is 4.57. The van der Waals surface area contributed by atoms with Crippen molar-refractivity contribution >= 4 is 23.7 Å². The summed E-state index contributed by atoms with van der Waals surface area (Å²) in [6.45, 7) is 10.2. The summed E-state index contributed by atoms with van der Waals surface area (Å²) in [7, 11) is 0. The first-order valence-electron chi connectivity index (χ1n) is 7.18. The van der Waals surface area contributed by atoms with Gasteiger partial charge in [0, 0.05) is 23.6 Å². The largest absolute Gasteiger partial charge is 0.461 e. The molecule has 0 amide bonds. The van der Waals surface area contributed by atoms with E-state index in [-0.39, 0.29) is 10.9 Å². The molecule has 3 N–H and O–H groups in total. The van der Waals surface area contributed by atoms with E-state index >= 15 is 0 Å². The molecule has 0 spiro atoms. The molecule has 2 rings (SSSR count). The maximum absolute atomic E-state index is 5.57. The van der Waals surface area contributed by atoms with Gasteiger partial charge in [0.15, 0.2) is 0 Å². The van der Waals surface area contributed by atoms with Crippen LogP contribution in [-0.2, 0) is 0 Å². The monoisotopic (exact) mass is 312 g/mol. The van der Waals surface area contributed by atoms with Crippen LogP contribution in [0.4, 0.5) is 11.9 Å². The minimum atomic E-state index is 0.00416. The fourth-order valence-corrected chi connectivity index (χ4v) is 3.14. The van der Waals surface area contributed by atoms with Crippen LogP contribution >= 0.6 is 11.8 Å². The van der Waals surface area contributed by atoms with Crippen molar-refractivity contribution in [2.45, 2.75) is 45.0 Å². The number of hydrogen-bond donors (Lipinski definition) is 2. The molecule has 2 heterocycles. The van der Waals surface area contributed by atoms with Gasteiger partial charge in [-0.3, -0.25) is 5.43 Å². The Morgan fingerprint density at radius 2 is 2.05 bits per heavy atom. The molecule has 1 aromatic heterocycles. The molecule has 0 saturated carbocycles. The van der Waals surface area contributed by atoms with Crippen LogP contribution in [0.1, 0.15) is 34.1 Å². The van der Waals surface area contributed by atoms with Gasteiger partial charge in [0.05, 0.1) is 6.10 Å². The van der Waals surface area contributed by atoms with Crippen molar-refractivity contribution in [2.75, 3.05) is 29.2 Å². The molecule has 1 saturated heterocycles. The van der Waals surface area contributed by atoms with Crippen LogP contribution < -0.4 is 20.9 Å². The van der Waals surface area contributed by atoms with E-state index in [4.69, 9.17) is 10.6 Å². The summed E-state index contributed by atoms with van der Waals surface area (Å²) in [5.41, 5.74) is 2.48. The van der Waals surface area contributed by atoms with Gasteiger partial charge in [-0.25, -0.2) is 5.84 Å². The zero-order valence-electron chi connectivity index (χ0n) is 13.1. The van der Waals surface area contributed by atoms with Crippen LogP contribution in [0.3, 0.4) is 0 Å². The number of nitrogens with two attached hydrogens (primary N) is 1. The van der Waals surface area contributed by atoms with Gasteiger partial charge in [-0.1, -0.05) is 13.8 Å². The molecule has 7 nitrogen and oxygen atoms in total. The zero-order valence-corrected chi connectivity index (χ0v) is 13.9. The van der Waals surface area contributed by atoms with Crippen LogP contribution in [0.2, 0.25) is 0 Å². The van der Waals surface area contributed by atoms with E-state index in [1.54, 1.807) is 0 Å². The fourth-order valence-electron chi connectivity index (χ4n) is 2.04. The lowest BCUT2D eigenvalue weighted by Crippen LogP contribution is -2.29. The Kier molecular flexibility index (Phi) is 5.10. The molecule has 1 aliphatic heterocycles. The van der Waals surface area contributed by atoms with Crippen molar-refractivity contribution in [1.29, 1.82) is 0 Å². The molecule has 8 heteroatoms. The number of rotatable bonds is 4. The van der Waals surface area contributed by atoms with E-state index in [2.05, 4.69) is 39.1 Å². The highest BCUT2D eigenvalue weighted by Crippen LogP contribution is 2.31. The number of nitrogens with zero attached hydrogens (tertiary/aromatic N) is 4. The third-order valence-electron chi connectivity index (χ3n) is 3.19. The minimum absolute atomic E-state index is 0.00416. The first-order valence-corrected chi connectivity index (χ1v) is 8.16. The Balaban J connectivity index is 2.21. The Bertz CT molecular complexity index is 482. The molecule has 21 heavy (non-hydrogen) atoms. The average molecular weight is 312 g/mol. The second kappa shape index (κ2) is 6.65. The second-order valence-electron chi connectivity index (χ2n) is 5.90. The SMILES string of the molecule is CC(C)Oc1nc(NN)nc(N2CCSC(C)(C)CC2)n1. The maximum atomic E-state index is 5.57. The first kappa shape index (κ1) is 16.1. The van der Waals surface area contributed by atoms with Crippen LogP contribution in [0.25, 0.3) is 0 Å². The predicted molar refractivity (Wildman–Crippen MR) is 86.8 cm³/mol. The number of thioether (sulfide) groups is 1. The lowest BCUT2D eigenvalue weighted by atomic mass is 10.1. The zero-order chi connectivity index (χ0) is 15.5. The molecular formula is C13H24N6OS. The summed E-state index contributed by atoms with van der Waals surface area (Å²) in [5, 5.41) is 0. The lowest BCUT2D eigenvalue weighted by Gasteiger charge is -2.23. The fraction of sp³-hybridized carbons (Fsp3) is 0.769. The van der Waals surface area contributed by atoms with E-state index in [1.165, 1.54) is 0 Å². The van der Waals surface area contributed by atoms with E-state index in [9.17, 15) is 0 Å². The van der Waals surface area contributed by atoms with Crippen molar-refractivity contribution < 1.29 is 4.74 Å². The summed E-state index contributed by atoms with van der Waals surface area (Å²) in [4.78, 5) is 15.1. The number of ether oxygens (including phenoxy) is 1. The van der Waals surface area contributed by atoms with Gasteiger partial charge in [-0.05, 0) is 20.3 Å². The smallest absolute Gasteiger partial charge is 0.323 e. The second-order valence-corrected chi connectivity index (χ2v) is 7.70. The number of anilines is 2. The van der Waals surface area contributed by atoms with Gasteiger partial charge in [0.1, 0.15) is 0 Å². The van der Waals surface area contributed by atoms with E-state index < -0.39 is 0 Å². The Labute approximate surface area is 130 Å². The number of hydrazine groups is 1. The van der Waals surface area contributed by atoms with Crippen LogP contribution in [-0.4, -0.2) is 44.6 Å². The summed E-state index contributed by atoms with van der Waals surface area (Å²) >= 11 is 1.98. The van der Waals surface area contributed by atoms with Crippen LogP contribution in [0.5, 0.6) is 6.01 Å². The molecule has 0 bridgehead atoms. The number of aromatic nitrogens is 3. The molecule has 0 unspecified atom stereocenters. The molecule has 0 aliphatic carbocycles. The molecular weight excluding hydrogens is 288 g/mol. The summed E-state index contributed by atoms with van der Waals surface area (Å²) in [6.07, 6.45) is 1.08. The number of nitrogens with one attached hydrogen (secondary N) is 1. The Morgan fingerprint density at radius 1 is 1.29 bits per heavy atom. The molecule has 1 aromatic rings. The summed E-state index contributed by atoms with van der Waals surface area (Å²) in [5.74, 6) is 7.43. The Hall–Kier alpha value is -1.28. The van der Waals surface area contributed by atoms with Gasteiger partial charge in [-0.2, -0.15) is 26.7 Å². The highest BCUT2D eigenvalue weighted by Gasteiger charge is 2.25.